The molecule has 1 aromatic rings. The average Bonchev–Trinajstić information content (AvgIpc) is 2.68. The molecule has 1 amide bonds. The van der Waals surface area contributed by atoms with Gasteiger partial charge in [-0.1, -0.05) is 26.7 Å². The molecule has 1 fully saturated rings. The van der Waals surface area contributed by atoms with E-state index in [0.717, 1.165) is 6.42 Å². The second kappa shape index (κ2) is 9.64. The molecule has 0 saturated heterocycles. The molecule has 1 aromatic carbocycles. The number of hydrazine groups is 1. The Balaban J connectivity index is 1.99. The molecule has 7 nitrogen and oxygen atoms in total. The first kappa shape index (κ1) is 21.1. The van der Waals surface area contributed by atoms with Crippen molar-refractivity contribution in [3.63, 3.8) is 0 Å². The minimum absolute atomic E-state index is 0.307. The number of thiocarbonyl (C=S) groups is 1. The van der Waals surface area contributed by atoms with Gasteiger partial charge >= 0.3 is 0 Å². The number of amides is 1. The highest BCUT2D eigenvalue weighted by atomic mass is 32.1. The number of benzene rings is 1. The van der Waals surface area contributed by atoms with Crippen molar-refractivity contribution >= 4 is 23.2 Å². The van der Waals surface area contributed by atoms with Crippen molar-refractivity contribution in [1.82, 2.24) is 16.2 Å². The van der Waals surface area contributed by atoms with Gasteiger partial charge in [-0.15, -0.1) is 0 Å². The molecule has 150 valence electrons. The van der Waals surface area contributed by atoms with Crippen LogP contribution in [0.1, 0.15) is 43.5 Å². The van der Waals surface area contributed by atoms with Gasteiger partial charge in [-0.05, 0) is 30.5 Å². The Kier molecular flexibility index (Phi) is 7.53. The molecule has 8 heteroatoms. The molecule has 1 aliphatic carbocycles. The number of ether oxygens (including phenoxy) is 3. The van der Waals surface area contributed by atoms with Crippen LogP contribution in [0.3, 0.4) is 0 Å². The number of hydrogen-bond acceptors (Lipinski definition) is 5. The summed E-state index contributed by atoms with van der Waals surface area (Å²) in [6.45, 7) is 4.50. The van der Waals surface area contributed by atoms with Crippen LogP contribution < -0.4 is 30.4 Å². The summed E-state index contributed by atoms with van der Waals surface area (Å²) in [4.78, 5) is 12.6. The predicted molar refractivity (Wildman–Crippen MR) is 108 cm³/mol. The molecule has 3 N–H and O–H groups in total. The molecule has 27 heavy (non-hydrogen) atoms. The van der Waals surface area contributed by atoms with Gasteiger partial charge in [0.15, 0.2) is 16.6 Å². The quantitative estimate of drug-likeness (QED) is 0.522. The van der Waals surface area contributed by atoms with E-state index < -0.39 is 0 Å². The van der Waals surface area contributed by atoms with E-state index in [4.69, 9.17) is 26.4 Å². The van der Waals surface area contributed by atoms with Crippen LogP contribution in [0.5, 0.6) is 17.2 Å². The maximum absolute atomic E-state index is 12.6. The summed E-state index contributed by atoms with van der Waals surface area (Å²) in [5, 5.41) is 3.70. The van der Waals surface area contributed by atoms with Crippen LogP contribution in [-0.4, -0.2) is 38.4 Å². The fourth-order valence-electron chi connectivity index (χ4n) is 3.38. The summed E-state index contributed by atoms with van der Waals surface area (Å²) >= 11 is 5.33. The SMILES string of the molecule is COc1cc(OC)c(C(=O)NNC(=S)N[C@@H]2CCC[C@H](C)[C@H]2C)cc1OC. The molecule has 0 aromatic heterocycles. The molecule has 0 unspecified atom stereocenters. The van der Waals surface area contributed by atoms with Crippen LogP contribution >= 0.6 is 12.2 Å². The van der Waals surface area contributed by atoms with Gasteiger partial charge in [0.2, 0.25) is 0 Å². The summed E-state index contributed by atoms with van der Waals surface area (Å²) in [7, 11) is 4.52. The number of carbonyl (C=O) groups excluding carboxylic acids is 1. The lowest BCUT2D eigenvalue weighted by Gasteiger charge is -2.35. The van der Waals surface area contributed by atoms with Crippen LogP contribution in [0.2, 0.25) is 0 Å². The Bertz CT molecular complexity index is 683. The first-order valence-electron chi connectivity index (χ1n) is 9.08. The van der Waals surface area contributed by atoms with Crippen molar-refractivity contribution < 1.29 is 19.0 Å². The summed E-state index contributed by atoms with van der Waals surface area (Å²) in [5.74, 6) is 2.10. The van der Waals surface area contributed by atoms with E-state index in [0.29, 0.717) is 45.8 Å². The Labute approximate surface area is 166 Å². The third-order valence-corrected chi connectivity index (χ3v) is 5.48. The molecule has 1 saturated carbocycles. The van der Waals surface area contributed by atoms with E-state index in [-0.39, 0.29) is 5.91 Å². The maximum atomic E-state index is 12.6. The zero-order chi connectivity index (χ0) is 20.0. The zero-order valence-corrected chi connectivity index (χ0v) is 17.4. The largest absolute Gasteiger partial charge is 0.496 e. The molecule has 0 aliphatic heterocycles. The van der Waals surface area contributed by atoms with Crippen molar-refractivity contribution in [2.24, 2.45) is 11.8 Å². The van der Waals surface area contributed by atoms with Crippen LogP contribution in [0.25, 0.3) is 0 Å². The van der Waals surface area contributed by atoms with Crippen molar-refractivity contribution in [3.05, 3.63) is 17.7 Å². The van der Waals surface area contributed by atoms with Gasteiger partial charge in [0.25, 0.3) is 5.91 Å². The molecule has 1 aliphatic rings. The summed E-state index contributed by atoms with van der Waals surface area (Å²) in [6, 6.07) is 3.48. The van der Waals surface area contributed by atoms with Gasteiger partial charge in [-0.2, -0.15) is 0 Å². The van der Waals surface area contributed by atoms with E-state index in [1.54, 1.807) is 12.1 Å². The monoisotopic (exact) mass is 395 g/mol. The number of hydrogen-bond donors (Lipinski definition) is 3. The van der Waals surface area contributed by atoms with Crippen LogP contribution in [0, 0.1) is 11.8 Å². The highest BCUT2D eigenvalue weighted by Gasteiger charge is 2.27. The van der Waals surface area contributed by atoms with E-state index in [9.17, 15) is 4.79 Å². The lowest BCUT2D eigenvalue weighted by Crippen LogP contribution is -2.52. The molecule has 0 spiro atoms. The van der Waals surface area contributed by atoms with Crippen molar-refractivity contribution in [3.8, 4) is 17.2 Å². The van der Waals surface area contributed by atoms with Gasteiger partial charge in [-0.25, -0.2) is 0 Å². The standard InChI is InChI=1S/C19H29N3O4S/c1-11-7-6-8-14(12(11)2)20-19(27)22-21-18(23)13-9-16(25-4)17(26-5)10-15(13)24-3/h9-12,14H,6-8H2,1-5H3,(H,21,23)(H2,20,22,27)/t11-,12+,14+/m0/s1. The van der Waals surface area contributed by atoms with Gasteiger partial charge in [0, 0.05) is 18.2 Å². The molecular formula is C19H29N3O4S. The topological polar surface area (TPSA) is 80.9 Å². The molecule has 0 heterocycles. The fourth-order valence-corrected chi connectivity index (χ4v) is 3.58. The van der Waals surface area contributed by atoms with E-state index >= 15 is 0 Å². The van der Waals surface area contributed by atoms with Crippen molar-refractivity contribution in [2.75, 3.05) is 21.3 Å². The van der Waals surface area contributed by atoms with Gasteiger partial charge in [-0.3, -0.25) is 15.6 Å². The number of rotatable bonds is 5. The summed E-state index contributed by atoms with van der Waals surface area (Å²) in [5.41, 5.74) is 5.69. The highest BCUT2D eigenvalue weighted by molar-refractivity contribution is 7.80. The second-order valence-electron chi connectivity index (χ2n) is 6.83. The summed E-state index contributed by atoms with van der Waals surface area (Å²) in [6.07, 6.45) is 3.50. The Hall–Kier alpha value is -2.22. The maximum Gasteiger partial charge on any atom is 0.273 e. The smallest absolute Gasteiger partial charge is 0.273 e. The average molecular weight is 396 g/mol. The molecule has 0 bridgehead atoms. The lowest BCUT2D eigenvalue weighted by molar-refractivity contribution is 0.0939. The number of methoxy groups -OCH3 is 3. The van der Waals surface area contributed by atoms with Gasteiger partial charge in [0.1, 0.15) is 5.75 Å². The molecule has 2 rings (SSSR count). The molecular weight excluding hydrogens is 366 g/mol. The third kappa shape index (κ3) is 5.15. The fraction of sp³-hybridized carbons (Fsp3) is 0.579. The van der Waals surface area contributed by atoms with Crippen molar-refractivity contribution in [1.29, 1.82) is 0 Å². The van der Waals surface area contributed by atoms with E-state index in [1.807, 2.05) is 0 Å². The van der Waals surface area contributed by atoms with Crippen LogP contribution in [-0.2, 0) is 0 Å². The third-order valence-electron chi connectivity index (χ3n) is 5.26. The number of carbonyl (C=O) groups is 1. The molecule has 0 radical (unpaired) electrons. The summed E-state index contributed by atoms with van der Waals surface area (Å²) < 4.78 is 15.8. The van der Waals surface area contributed by atoms with Crippen LogP contribution in [0.15, 0.2) is 12.1 Å². The minimum Gasteiger partial charge on any atom is -0.496 e. The van der Waals surface area contributed by atoms with E-state index in [1.165, 1.54) is 34.2 Å². The highest BCUT2D eigenvalue weighted by Crippen LogP contribution is 2.34. The second-order valence-corrected chi connectivity index (χ2v) is 7.24. The normalized spacial score (nSPS) is 21.7. The van der Waals surface area contributed by atoms with E-state index in [2.05, 4.69) is 30.0 Å². The van der Waals surface area contributed by atoms with Gasteiger partial charge < -0.3 is 19.5 Å². The molecule has 3 atom stereocenters. The Morgan fingerprint density at radius 2 is 1.63 bits per heavy atom. The van der Waals surface area contributed by atoms with Gasteiger partial charge in [0.05, 0.1) is 26.9 Å². The zero-order valence-electron chi connectivity index (χ0n) is 16.5. The Morgan fingerprint density at radius 3 is 2.26 bits per heavy atom. The lowest BCUT2D eigenvalue weighted by atomic mass is 9.78. The predicted octanol–water partition coefficient (Wildman–Crippen LogP) is 2.65. The van der Waals surface area contributed by atoms with Crippen molar-refractivity contribution in [2.45, 2.75) is 39.2 Å². The van der Waals surface area contributed by atoms with Crippen LogP contribution in [0.4, 0.5) is 0 Å². The first-order valence-corrected chi connectivity index (χ1v) is 9.48. The first-order chi connectivity index (χ1) is 12.9. The number of nitrogens with one attached hydrogen (secondary N) is 3. The minimum atomic E-state index is -0.387. The Morgan fingerprint density at radius 1 is 1.00 bits per heavy atom.